The average Bonchev–Trinajstić information content (AvgIpc) is 2.36. The van der Waals surface area contributed by atoms with E-state index >= 15 is 0 Å². The van der Waals surface area contributed by atoms with Crippen molar-refractivity contribution >= 4 is 0 Å². The molecule has 92 valence electrons. The molecule has 0 saturated carbocycles. The number of nitrogens with one attached hydrogen (secondary N) is 1. The Morgan fingerprint density at radius 1 is 1.06 bits per heavy atom. The molecule has 0 aromatic heterocycles. The van der Waals surface area contributed by atoms with E-state index < -0.39 is 0 Å². The Morgan fingerprint density at radius 2 is 1.69 bits per heavy atom. The summed E-state index contributed by atoms with van der Waals surface area (Å²) >= 11 is 0. The van der Waals surface area contributed by atoms with Crippen molar-refractivity contribution in [3.8, 4) is 0 Å². The molecule has 0 fully saturated rings. The summed E-state index contributed by atoms with van der Waals surface area (Å²) in [5.74, 6) is -0.0857. The summed E-state index contributed by atoms with van der Waals surface area (Å²) in [5.41, 5.74) is 3.17. The number of benzene rings is 1. The van der Waals surface area contributed by atoms with Crippen LogP contribution in [0.2, 0.25) is 0 Å². The molecule has 2 heteroatoms. The van der Waals surface area contributed by atoms with Gasteiger partial charge in [0.25, 0.3) is 0 Å². The van der Waals surface area contributed by atoms with Gasteiger partial charge in [-0.3, -0.25) is 0 Å². The summed E-state index contributed by atoms with van der Waals surface area (Å²) in [4.78, 5) is 0. The van der Waals surface area contributed by atoms with Crippen LogP contribution < -0.4 is 5.32 Å². The van der Waals surface area contributed by atoms with Crippen LogP contribution in [0.3, 0.4) is 0 Å². The quantitative estimate of drug-likeness (QED) is 0.707. The van der Waals surface area contributed by atoms with Gasteiger partial charge in [0.1, 0.15) is 5.82 Å². The summed E-state index contributed by atoms with van der Waals surface area (Å²) in [6.07, 6.45) is 1.02. The molecule has 1 nitrogen and oxygen atoms in total. The lowest BCUT2D eigenvalue weighted by molar-refractivity contribution is 0.597. The van der Waals surface area contributed by atoms with Gasteiger partial charge in [-0.15, -0.1) is 0 Å². The highest BCUT2D eigenvalue weighted by Crippen LogP contribution is 2.18. The van der Waals surface area contributed by atoms with Crippen molar-refractivity contribution in [2.45, 2.75) is 47.6 Å². The van der Waals surface area contributed by atoms with Crippen molar-refractivity contribution in [1.82, 2.24) is 5.32 Å². The molecule has 16 heavy (non-hydrogen) atoms. The van der Waals surface area contributed by atoms with E-state index in [0.717, 1.165) is 30.6 Å². The van der Waals surface area contributed by atoms with Crippen molar-refractivity contribution in [2.75, 3.05) is 6.54 Å². The molecule has 0 atom stereocenters. The van der Waals surface area contributed by atoms with Gasteiger partial charge in [-0.25, -0.2) is 4.39 Å². The molecule has 0 bridgehead atoms. The smallest absolute Gasteiger partial charge is 0.126 e. The number of rotatable bonds is 0. The second-order valence-electron chi connectivity index (χ2n) is 3.30. The molecule has 1 aliphatic heterocycles. The Labute approximate surface area is 99.1 Å². The fraction of sp³-hybridized carbons (Fsp3) is 0.571. The predicted molar refractivity (Wildman–Crippen MR) is 69.2 cm³/mol. The van der Waals surface area contributed by atoms with Gasteiger partial charge in [0.05, 0.1) is 0 Å². The van der Waals surface area contributed by atoms with E-state index in [4.69, 9.17) is 0 Å². The highest BCUT2D eigenvalue weighted by atomic mass is 19.1. The van der Waals surface area contributed by atoms with E-state index in [9.17, 15) is 4.39 Å². The van der Waals surface area contributed by atoms with Crippen LogP contribution in [0.1, 0.15) is 44.4 Å². The zero-order valence-corrected chi connectivity index (χ0v) is 11.2. The molecule has 1 aliphatic rings. The molecule has 1 aromatic carbocycles. The third-order valence-electron chi connectivity index (χ3n) is 2.37. The van der Waals surface area contributed by atoms with Crippen molar-refractivity contribution in [3.63, 3.8) is 0 Å². The van der Waals surface area contributed by atoms with Crippen molar-refractivity contribution in [2.24, 2.45) is 0 Å². The fourth-order valence-electron chi connectivity index (χ4n) is 1.63. The number of hydrogen-bond donors (Lipinski definition) is 1. The summed E-state index contributed by atoms with van der Waals surface area (Å²) < 4.78 is 13.1. The first kappa shape index (κ1) is 15.1. The van der Waals surface area contributed by atoms with Crippen LogP contribution >= 0.6 is 0 Å². The summed E-state index contributed by atoms with van der Waals surface area (Å²) in [6.45, 7) is 11.6. The van der Waals surface area contributed by atoms with Gasteiger partial charge in [0.15, 0.2) is 0 Å². The number of hydrogen-bond acceptors (Lipinski definition) is 1. The standard InChI is InChI=1S/C10H12FN.2C2H6/c1-7-4-8-2-3-12-6-9(8)5-10(7)11;2*1-2/h4-5,12H,2-3,6H2,1H3;2*1-2H3. The third-order valence-corrected chi connectivity index (χ3v) is 2.37. The molecule has 1 N–H and O–H groups in total. The Kier molecular flexibility index (Phi) is 7.82. The molecule has 0 saturated heterocycles. The maximum Gasteiger partial charge on any atom is 0.126 e. The lowest BCUT2D eigenvalue weighted by atomic mass is 9.98. The topological polar surface area (TPSA) is 12.0 Å². The zero-order valence-electron chi connectivity index (χ0n) is 11.2. The second-order valence-corrected chi connectivity index (χ2v) is 3.30. The molecule has 0 amide bonds. The molecule has 2 rings (SSSR count). The Morgan fingerprint density at radius 3 is 2.31 bits per heavy atom. The van der Waals surface area contributed by atoms with Gasteiger partial charge in [0, 0.05) is 6.54 Å². The van der Waals surface area contributed by atoms with Gasteiger partial charge >= 0.3 is 0 Å². The second kappa shape index (κ2) is 8.28. The van der Waals surface area contributed by atoms with Gasteiger partial charge in [-0.2, -0.15) is 0 Å². The molecule has 1 aromatic rings. The lowest BCUT2D eigenvalue weighted by Crippen LogP contribution is -2.23. The Hall–Kier alpha value is -0.890. The van der Waals surface area contributed by atoms with E-state index in [1.54, 1.807) is 6.07 Å². The van der Waals surface area contributed by atoms with Gasteiger partial charge in [-0.05, 0) is 42.6 Å². The first-order valence-electron chi connectivity index (χ1n) is 6.26. The minimum Gasteiger partial charge on any atom is -0.312 e. The Bertz CT molecular complexity index is 277. The number of aryl methyl sites for hydroxylation is 1. The van der Waals surface area contributed by atoms with E-state index in [2.05, 4.69) is 5.32 Å². The molecular weight excluding hydrogens is 201 g/mol. The molecular formula is C14H24FN. The van der Waals surface area contributed by atoms with E-state index in [-0.39, 0.29) is 5.82 Å². The van der Waals surface area contributed by atoms with Crippen molar-refractivity contribution in [3.05, 3.63) is 34.6 Å². The van der Waals surface area contributed by atoms with E-state index in [0.29, 0.717) is 0 Å². The van der Waals surface area contributed by atoms with E-state index in [1.165, 1.54) is 5.56 Å². The molecule has 0 aliphatic carbocycles. The van der Waals surface area contributed by atoms with Crippen molar-refractivity contribution < 1.29 is 4.39 Å². The van der Waals surface area contributed by atoms with Crippen LogP contribution in [0, 0.1) is 12.7 Å². The minimum atomic E-state index is -0.0857. The van der Waals surface area contributed by atoms with Crippen LogP contribution in [0.5, 0.6) is 0 Å². The molecule has 0 unspecified atom stereocenters. The number of fused-ring (bicyclic) bond motifs is 1. The lowest BCUT2D eigenvalue weighted by Gasteiger charge is -2.17. The largest absolute Gasteiger partial charge is 0.312 e. The predicted octanol–water partition coefficient (Wildman–Crippen LogP) is 3.83. The highest BCUT2D eigenvalue weighted by molar-refractivity contribution is 5.34. The zero-order chi connectivity index (χ0) is 12.6. The van der Waals surface area contributed by atoms with E-state index in [1.807, 2.05) is 40.7 Å². The summed E-state index contributed by atoms with van der Waals surface area (Å²) in [5, 5.41) is 3.22. The first-order chi connectivity index (χ1) is 7.77. The van der Waals surface area contributed by atoms with Crippen LogP contribution in [-0.4, -0.2) is 6.54 Å². The van der Waals surface area contributed by atoms with Gasteiger partial charge in [0.2, 0.25) is 0 Å². The SMILES string of the molecule is CC.CC.Cc1cc2c(cc1F)CNCC2. The van der Waals surface area contributed by atoms with Crippen molar-refractivity contribution in [1.29, 1.82) is 0 Å². The van der Waals surface area contributed by atoms with Crippen LogP contribution in [0.15, 0.2) is 12.1 Å². The first-order valence-corrected chi connectivity index (χ1v) is 6.26. The van der Waals surface area contributed by atoms with Crippen LogP contribution in [0.25, 0.3) is 0 Å². The maximum atomic E-state index is 13.1. The van der Waals surface area contributed by atoms with Crippen LogP contribution in [0.4, 0.5) is 4.39 Å². The van der Waals surface area contributed by atoms with Gasteiger partial charge < -0.3 is 5.32 Å². The normalized spacial score (nSPS) is 12.6. The Balaban J connectivity index is 0.000000509. The average molecular weight is 225 g/mol. The highest BCUT2D eigenvalue weighted by Gasteiger charge is 2.10. The number of halogens is 1. The summed E-state index contributed by atoms with van der Waals surface area (Å²) in [6, 6.07) is 3.61. The molecule has 0 spiro atoms. The molecule has 0 radical (unpaired) electrons. The van der Waals surface area contributed by atoms with Gasteiger partial charge in [-0.1, -0.05) is 33.8 Å². The monoisotopic (exact) mass is 225 g/mol. The maximum absolute atomic E-state index is 13.1. The van der Waals surface area contributed by atoms with Crippen LogP contribution in [-0.2, 0) is 13.0 Å². The molecule has 1 heterocycles. The fourth-order valence-corrected chi connectivity index (χ4v) is 1.63. The third kappa shape index (κ3) is 3.93. The summed E-state index contributed by atoms with van der Waals surface area (Å²) in [7, 11) is 0. The minimum absolute atomic E-state index is 0.0857.